The summed E-state index contributed by atoms with van der Waals surface area (Å²) in [5.74, 6) is -0.974. The van der Waals surface area contributed by atoms with Gasteiger partial charge in [-0.15, -0.1) is 0 Å². The number of benzene rings is 3. The van der Waals surface area contributed by atoms with E-state index in [0.717, 1.165) is 9.87 Å². The smallest absolute Gasteiger partial charge is 0.264 e. The number of anilines is 1. The number of hydrogen-bond acceptors (Lipinski definition) is 4. The Hall–Kier alpha value is -2.78. The molecule has 0 radical (unpaired) electrons. The molecule has 0 aliphatic heterocycles. The summed E-state index contributed by atoms with van der Waals surface area (Å²) < 4.78 is 28.7. The van der Waals surface area contributed by atoms with E-state index < -0.39 is 28.5 Å². The fourth-order valence-corrected chi connectivity index (χ4v) is 5.87. The number of aryl methyl sites for hydroxylation is 1. The number of carbonyl (C=O) groups is 2. The van der Waals surface area contributed by atoms with Crippen molar-refractivity contribution in [2.24, 2.45) is 0 Å². The van der Waals surface area contributed by atoms with Gasteiger partial charge in [-0.1, -0.05) is 53.0 Å². The minimum Gasteiger partial charge on any atom is -0.352 e. The molecular formula is C28H30Cl3N3O4S. The van der Waals surface area contributed by atoms with E-state index in [1.165, 1.54) is 29.2 Å². The standard InChI is InChI=1S/C28H30Cl3N3O4S/c1-18(2)32-28(36)20(4)33(16-21-8-9-23(30)15-26(21)31)27(35)17-34(24-7-5-6-19(3)14-24)39(37,38)25-12-10-22(29)11-13-25/h5-15,18,20H,16-17H2,1-4H3,(H,32,36). The Kier molecular flexibility index (Phi) is 10.3. The molecule has 0 bridgehead atoms. The third-order valence-electron chi connectivity index (χ3n) is 5.92. The first kappa shape index (κ1) is 30.8. The maximum absolute atomic E-state index is 13.9. The van der Waals surface area contributed by atoms with Gasteiger partial charge in [0, 0.05) is 27.7 Å². The van der Waals surface area contributed by atoms with Crippen molar-refractivity contribution in [1.82, 2.24) is 10.2 Å². The second-order valence-corrected chi connectivity index (χ2v) is 12.5. The Morgan fingerprint density at radius 3 is 2.13 bits per heavy atom. The van der Waals surface area contributed by atoms with Crippen LogP contribution in [0.25, 0.3) is 0 Å². The molecule has 208 valence electrons. The zero-order valence-electron chi connectivity index (χ0n) is 22.0. The Morgan fingerprint density at radius 2 is 1.54 bits per heavy atom. The predicted molar refractivity (Wildman–Crippen MR) is 157 cm³/mol. The number of sulfonamides is 1. The van der Waals surface area contributed by atoms with Crippen LogP contribution in [0.4, 0.5) is 5.69 Å². The van der Waals surface area contributed by atoms with Crippen LogP contribution in [0.1, 0.15) is 31.9 Å². The minimum absolute atomic E-state index is 0.0286. The van der Waals surface area contributed by atoms with Crippen molar-refractivity contribution < 1.29 is 18.0 Å². The zero-order chi connectivity index (χ0) is 28.9. The number of rotatable bonds is 10. The van der Waals surface area contributed by atoms with Crippen LogP contribution in [-0.2, 0) is 26.2 Å². The number of carbonyl (C=O) groups excluding carboxylic acids is 2. The maximum Gasteiger partial charge on any atom is 0.264 e. The average Bonchev–Trinajstić information content (AvgIpc) is 2.86. The minimum atomic E-state index is -4.18. The van der Waals surface area contributed by atoms with Gasteiger partial charge < -0.3 is 10.2 Å². The molecule has 3 aromatic carbocycles. The lowest BCUT2D eigenvalue weighted by Crippen LogP contribution is -2.52. The summed E-state index contributed by atoms with van der Waals surface area (Å²) >= 11 is 18.4. The quantitative estimate of drug-likeness (QED) is 0.301. The topological polar surface area (TPSA) is 86.8 Å². The highest BCUT2D eigenvalue weighted by molar-refractivity contribution is 7.92. The summed E-state index contributed by atoms with van der Waals surface area (Å²) in [6, 6.07) is 16.3. The second kappa shape index (κ2) is 13.0. The highest BCUT2D eigenvalue weighted by atomic mass is 35.5. The lowest BCUT2D eigenvalue weighted by molar-refractivity contribution is -0.139. The number of halogens is 3. The Morgan fingerprint density at radius 1 is 0.897 bits per heavy atom. The van der Waals surface area contributed by atoms with Crippen LogP contribution in [0.15, 0.2) is 71.6 Å². The molecule has 0 spiro atoms. The molecule has 3 aromatic rings. The third kappa shape index (κ3) is 7.88. The molecule has 0 heterocycles. The Labute approximate surface area is 244 Å². The molecular weight excluding hydrogens is 581 g/mol. The summed E-state index contributed by atoms with van der Waals surface area (Å²) in [7, 11) is -4.18. The first-order valence-electron chi connectivity index (χ1n) is 12.2. The third-order valence-corrected chi connectivity index (χ3v) is 8.55. The van der Waals surface area contributed by atoms with Crippen LogP contribution in [-0.4, -0.2) is 43.8 Å². The number of nitrogens with one attached hydrogen (secondary N) is 1. The van der Waals surface area contributed by atoms with Gasteiger partial charge in [0.25, 0.3) is 10.0 Å². The molecule has 0 aliphatic carbocycles. The molecule has 2 amide bonds. The van der Waals surface area contributed by atoms with Crippen LogP contribution >= 0.6 is 34.8 Å². The van der Waals surface area contributed by atoms with E-state index in [2.05, 4.69) is 5.32 Å². The normalized spacial score (nSPS) is 12.2. The molecule has 0 saturated carbocycles. The van der Waals surface area contributed by atoms with E-state index in [9.17, 15) is 18.0 Å². The van der Waals surface area contributed by atoms with Gasteiger partial charge in [0.1, 0.15) is 12.6 Å². The highest BCUT2D eigenvalue weighted by Crippen LogP contribution is 2.27. The number of hydrogen-bond donors (Lipinski definition) is 1. The second-order valence-electron chi connectivity index (χ2n) is 9.40. The molecule has 11 heteroatoms. The van der Waals surface area contributed by atoms with Crippen molar-refractivity contribution in [2.45, 2.75) is 51.2 Å². The van der Waals surface area contributed by atoms with Gasteiger partial charge in [0.05, 0.1) is 10.6 Å². The van der Waals surface area contributed by atoms with Crippen LogP contribution in [0.5, 0.6) is 0 Å². The van der Waals surface area contributed by atoms with Crippen molar-refractivity contribution in [2.75, 3.05) is 10.8 Å². The van der Waals surface area contributed by atoms with Crippen molar-refractivity contribution in [1.29, 1.82) is 0 Å². The van der Waals surface area contributed by atoms with Gasteiger partial charge in [-0.25, -0.2) is 8.42 Å². The van der Waals surface area contributed by atoms with Crippen molar-refractivity contribution >= 4 is 62.3 Å². The summed E-state index contributed by atoms with van der Waals surface area (Å²) in [5, 5.41) is 3.93. The molecule has 7 nitrogen and oxygen atoms in total. The molecule has 1 atom stereocenters. The Balaban J connectivity index is 2.05. The SMILES string of the molecule is Cc1cccc(N(CC(=O)N(Cc2ccc(Cl)cc2Cl)C(C)C(=O)NC(C)C)S(=O)(=O)c2ccc(Cl)cc2)c1. The molecule has 0 aromatic heterocycles. The largest absolute Gasteiger partial charge is 0.352 e. The fraction of sp³-hybridized carbons (Fsp3) is 0.286. The lowest BCUT2D eigenvalue weighted by atomic mass is 10.1. The summed E-state index contributed by atoms with van der Waals surface area (Å²) in [6.07, 6.45) is 0. The van der Waals surface area contributed by atoms with Crippen LogP contribution < -0.4 is 9.62 Å². The first-order valence-corrected chi connectivity index (χ1v) is 14.8. The van der Waals surface area contributed by atoms with Crippen molar-refractivity contribution in [3.05, 3.63) is 92.9 Å². The summed E-state index contributed by atoms with van der Waals surface area (Å²) in [5.41, 5.74) is 1.68. The number of nitrogens with zero attached hydrogens (tertiary/aromatic N) is 2. The summed E-state index contributed by atoms with van der Waals surface area (Å²) in [4.78, 5) is 28.2. The lowest BCUT2D eigenvalue weighted by Gasteiger charge is -2.32. The van der Waals surface area contributed by atoms with Gasteiger partial charge in [0.15, 0.2) is 0 Å². The monoisotopic (exact) mass is 609 g/mol. The van der Waals surface area contributed by atoms with E-state index >= 15 is 0 Å². The van der Waals surface area contributed by atoms with Gasteiger partial charge >= 0.3 is 0 Å². The molecule has 1 unspecified atom stereocenters. The maximum atomic E-state index is 13.9. The molecule has 0 fully saturated rings. The van der Waals surface area contributed by atoms with E-state index in [0.29, 0.717) is 26.3 Å². The average molecular weight is 611 g/mol. The van der Waals surface area contributed by atoms with Gasteiger partial charge in [-0.05, 0) is 87.4 Å². The van der Waals surface area contributed by atoms with Gasteiger partial charge in [-0.2, -0.15) is 0 Å². The van der Waals surface area contributed by atoms with Crippen LogP contribution in [0, 0.1) is 6.92 Å². The molecule has 0 saturated heterocycles. The van der Waals surface area contributed by atoms with Crippen molar-refractivity contribution in [3.8, 4) is 0 Å². The van der Waals surface area contributed by atoms with E-state index in [4.69, 9.17) is 34.8 Å². The van der Waals surface area contributed by atoms with E-state index in [1.54, 1.807) is 43.3 Å². The predicted octanol–water partition coefficient (Wildman–Crippen LogP) is 6.09. The molecule has 1 N–H and O–H groups in total. The number of amides is 2. The van der Waals surface area contributed by atoms with Crippen LogP contribution in [0.3, 0.4) is 0 Å². The molecule has 3 rings (SSSR count). The summed E-state index contributed by atoms with van der Waals surface area (Å²) in [6.45, 7) is 6.44. The van der Waals surface area contributed by atoms with Crippen molar-refractivity contribution in [3.63, 3.8) is 0 Å². The zero-order valence-corrected chi connectivity index (χ0v) is 25.1. The molecule has 39 heavy (non-hydrogen) atoms. The Bertz CT molecular complexity index is 1450. The molecule has 0 aliphatic rings. The van der Waals surface area contributed by atoms with Gasteiger partial charge in [0.2, 0.25) is 11.8 Å². The van der Waals surface area contributed by atoms with E-state index in [-0.39, 0.29) is 23.4 Å². The highest BCUT2D eigenvalue weighted by Gasteiger charge is 2.33. The fourth-order valence-electron chi connectivity index (χ4n) is 3.87. The first-order chi connectivity index (χ1) is 18.3. The van der Waals surface area contributed by atoms with Gasteiger partial charge in [-0.3, -0.25) is 13.9 Å². The van der Waals surface area contributed by atoms with Crippen LogP contribution in [0.2, 0.25) is 15.1 Å². The van der Waals surface area contributed by atoms with E-state index in [1.807, 2.05) is 26.8 Å².